The Hall–Kier alpha value is -1.15. The summed E-state index contributed by atoms with van der Waals surface area (Å²) in [5.41, 5.74) is 0.475. The minimum absolute atomic E-state index is 0.417. The number of carbonyl (C=O) groups excluding carboxylic acids is 1. The molecule has 0 N–H and O–H groups in total. The zero-order chi connectivity index (χ0) is 9.73. The van der Waals surface area contributed by atoms with E-state index in [9.17, 15) is 4.79 Å². The first-order valence-corrected chi connectivity index (χ1v) is 4.24. The van der Waals surface area contributed by atoms with Crippen molar-refractivity contribution in [1.29, 1.82) is 0 Å². The van der Waals surface area contributed by atoms with Gasteiger partial charge < -0.3 is 9.53 Å². The fourth-order valence-corrected chi connectivity index (χ4v) is 1.30. The highest BCUT2D eigenvalue weighted by atomic mass is 16.5. The van der Waals surface area contributed by atoms with Gasteiger partial charge in [-0.2, -0.15) is 0 Å². The summed E-state index contributed by atoms with van der Waals surface area (Å²) < 4.78 is 5.02. The molecule has 1 aromatic rings. The van der Waals surface area contributed by atoms with Crippen molar-refractivity contribution in [1.82, 2.24) is 0 Å². The zero-order valence-corrected chi connectivity index (χ0v) is 7.99. The number of hydrogen-bond acceptors (Lipinski definition) is 2. The molecule has 0 aliphatic rings. The van der Waals surface area contributed by atoms with Gasteiger partial charge in [-0.3, -0.25) is 0 Å². The van der Waals surface area contributed by atoms with Gasteiger partial charge in [-0.05, 0) is 12.5 Å². The Bertz CT molecular complexity index is 269. The van der Waals surface area contributed by atoms with Crippen molar-refractivity contribution in [2.75, 3.05) is 13.7 Å². The third-order valence-electron chi connectivity index (χ3n) is 2.14. The maximum absolute atomic E-state index is 10.9. The largest absolute Gasteiger partial charge is 0.383 e. The van der Waals surface area contributed by atoms with Crippen molar-refractivity contribution in [3.05, 3.63) is 35.9 Å². The van der Waals surface area contributed by atoms with E-state index < -0.39 is 5.41 Å². The molecule has 0 aromatic heterocycles. The van der Waals surface area contributed by atoms with Crippen LogP contribution in [0.2, 0.25) is 0 Å². The van der Waals surface area contributed by atoms with Gasteiger partial charge in [-0.15, -0.1) is 0 Å². The Kier molecular flexibility index (Phi) is 3.20. The zero-order valence-electron chi connectivity index (χ0n) is 7.99. The number of rotatable bonds is 4. The molecular weight excluding hydrogens is 164 g/mol. The van der Waals surface area contributed by atoms with Gasteiger partial charge in [-0.25, -0.2) is 0 Å². The van der Waals surface area contributed by atoms with Crippen molar-refractivity contribution in [2.45, 2.75) is 12.3 Å². The van der Waals surface area contributed by atoms with E-state index in [2.05, 4.69) is 0 Å². The lowest BCUT2D eigenvalue weighted by molar-refractivity contribution is -0.113. The van der Waals surface area contributed by atoms with E-state index in [1.165, 1.54) is 0 Å². The molecule has 1 unspecified atom stereocenters. The third-order valence-corrected chi connectivity index (χ3v) is 2.14. The van der Waals surface area contributed by atoms with E-state index in [1.807, 2.05) is 37.3 Å². The van der Waals surface area contributed by atoms with E-state index >= 15 is 0 Å². The van der Waals surface area contributed by atoms with Gasteiger partial charge >= 0.3 is 0 Å². The second-order valence-electron chi connectivity index (χ2n) is 3.33. The lowest BCUT2D eigenvalue weighted by atomic mass is 9.85. The van der Waals surface area contributed by atoms with Crippen LogP contribution in [0.3, 0.4) is 0 Å². The second kappa shape index (κ2) is 4.19. The highest BCUT2D eigenvalue weighted by molar-refractivity contribution is 5.68. The van der Waals surface area contributed by atoms with Crippen LogP contribution in [-0.2, 0) is 14.9 Å². The van der Waals surface area contributed by atoms with Gasteiger partial charge in [0.05, 0.1) is 12.0 Å². The molecule has 0 fully saturated rings. The van der Waals surface area contributed by atoms with Crippen LogP contribution in [0.1, 0.15) is 12.5 Å². The van der Waals surface area contributed by atoms with Crippen molar-refractivity contribution >= 4 is 6.29 Å². The van der Waals surface area contributed by atoms with Crippen LogP contribution in [0.25, 0.3) is 0 Å². The van der Waals surface area contributed by atoms with E-state index in [1.54, 1.807) is 7.11 Å². The van der Waals surface area contributed by atoms with Gasteiger partial charge in [0, 0.05) is 7.11 Å². The molecular formula is C11H14O2. The topological polar surface area (TPSA) is 26.3 Å². The smallest absolute Gasteiger partial charge is 0.132 e. The number of methoxy groups -OCH3 is 1. The van der Waals surface area contributed by atoms with Crippen LogP contribution < -0.4 is 0 Å². The highest BCUT2D eigenvalue weighted by Gasteiger charge is 2.25. The molecule has 1 rings (SSSR count). The Labute approximate surface area is 78.5 Å². The van der Waals surface area contributed by atoms with E-state index in [0.717, 1.165) is 11.8 Å². The molecule has 70 valence electrons. The third kappa shape index (κ3) is 2.16. The first-order valence-electron chi connectivity index (χ1n) is 4.24. The highest BCUT2D eigenvalue weighted by Crippen LogP contribution is 2.20. The standard InChI is InChI=1S/C11H14O2/c1-11(8-12,9-13-2)10-6-4-3-5-7-10/h3-8H,9H2,1-2H3. The first-order chi connectivity index (χ1) is 6.23. The van der Waals surface area contributed by atoms with Gasteiger partial charge in [-0.1, -0.05) is 30.3 Å². The van der Waals surface area contributed by atoms with Crippen molar-refractivity contribution in [2.24, 2.45) is 0 Å². The van der Waals surface area contributed by atoms with Crippen LogP contribution in [0, 0.1) is 0 Å². The van der Waals surface area contributed by atoms with Crippen molar-refractivity contribution < 1.29 is 9.53 Å². The predicted molar refractivity (Wildman–Crippen MR) is 51.7 cm³/mol. The summed E-state index contributed by atoms with van der Waals surface area (Å²) in [7, 11) is 1.60. The summed E-state index contributed by atoms with van der Waals surface area (Å²) in [4.78, 5) is 10.9. The molecule has 0 radical (unpaired) electrons. The van der Waals surface area contributed by atoms with Crippen LogP contribution >= 0.6 is 0 Å². The van der Waals surface area contributed by atoms with Crippen LogP contribution in [0.15, 0.2) is 30.3 Å². The van der Waals surface area contributed by atoms with Gasteiger partial charge in [0.2, 0.25) is 0 Å². The number of benzene rings is 1. The maximum Gasteiger partial charge on any atom is 0.132 e. The molecule has 0 bridgehead atoms. The monoisotopic (exact) mass is 178 g/mol. The summed E-state index contributed by atoms with van der Waals surface area (Å²) in [6.45, 7) is 2.29. The summed E-state index contributed by atoms with van der Waals surface area (Å²) in [6.07, 6.45) is 0.936. The minimum atomic E-state index is -0.518. The Balaban J connectivity index is 2.95. The molecule has 0 spiro atoms. The summed E-state index contributed by atoms with van der Waals surface area (Å²) in [5, 5.41) is 0. The second-order valence-corrected chi connectivity index (χ2v) is 3.33. The molecule has 2 nitrogen and oxygen atoms in total. The molecule has 0 aliphatic carbocycles. The van der Waals surface area contributed by atoms with E-state index in [-0.39, 0.29) is 0 Å². The van der Waals surface area contributed by atoms with Crippen molar-refractivity contribution in [3.8, 4) is 0 Å². The minimum Gasteiger partial charge on any atom is -0.383 e. The number of carbonyl (C=O) groups is 1. The molecule has 1 aromatic carbocycles. The number of ether oxygens (including phenoxy) is 1. The lowest BCUT2D eigenvalue weighted by Gasteiger charge is -2.22. The fraction of sp³-hybridized carbons (Fsp3) is 0.364. The molecule has 1 atom stereocenters. The lowest BCUT2D eigenvalue weighted by Crippen LogP contribution is -2.29. The summed E-state index contributed by atoms with van der Waals surface area (Å²) in [6, 6.07) is 9.65. The molecule has 0 saturated carbocycles. The quantitative estimate of drug-likeness (QED) is 0.657. The average molecular weight is 178 g/mol. The van der Waals surface area contributed by atoms with Crippen LogP contribution in [0.5, 0.6) is 0 Å². The molecule has 2 heteroatoms. The van der Waals surface area contributed by atoms with Crippen LogP contribution in [-0.4, -0.2) is 20.0 Å². The summed E-state index contributed by atoms with van der Waals surface area (Å²) >= 11 is 0. The molecule has 13 heavy (non-hydrogen) atoms. The molecule has 0 saturated heterocycles. The SMILES string of the molecule is COCC(C)(C=O)c1ccccc1. The van der Waals surface area contributed by atoms with E-state index in [4.69, 9.17) is 4.74 Å². The molecule has 0 aliphatic heterocycles. The summed E-state index contributed by atoms with van der Waals surface area (Å²) in [5.74, 6) is 0. The van der Waals surface area contributed by atoms with Gasteiger partial charge in [0.1, 0.15) is 6.29 Å². The Morgan fingerprint density at radius 2 is 2.00 bits per heavy atom. The van der Waals surface area contributed by atoms with Crippen molar-refractivity contribution in [3.63, 3.8) is 0 Å². The van der Waals surface area contributed by atoms with Gasteiger partial charge in [0.15, 0.2) is 0 Å². The van der Waals surface area contributed by atoms with Gasteiger partial charge in [0.25, 0.3) is 0 Å². The number of aldehydes is 1. The Morgan fingerprint density at radius 3 is 2.46 bits per heavy atom. The molecule has 0 heterocycles. The first kappa shape index (κ1) is 9.93. The van der Waals surface area contributed by atoms with E-state index in [0.29, 0.717) is 6.61 Å². The average Bonchev–Trinajstić information content (AvgIpc) is 2.19. The Morgan fingerprint density at radius 1 is 1.38 bits per heavy atom. The van der Waals surface area contributed by atoms with Crippen LogP contribution in [0.4, 0.5) is 0 Å². The predicted octanol–water partition coefficient (Wildman–Crippen LogP) is 1.79. The molecule has 0 amide bonds. The number of hydrogen-bond donors (Lipinski definition) is 0. The maximum atomic E-state index is 10.9. The normalized spacial score (nSPS) is 14.9. The fourth-order valence-electron chi connectivity index (χ4n) is 1.30.